The second-order valence-corrected chi connectivity index (χ2v) is 10.1. The number of hydrogen-bond acceptors (Lipinski definition) is 5. The Morgan fingerprint density at radius 2 is 1.76 bits per heavy atom. The topological polar surface area (TPSA) is 88.9 Å². The fourth-order valence-electron chi connectivity index (χ4n) is 3.52. The smallest absolute Gasteiger partial charge is 0.251 e. The van der Waals surface area contributed by atoms with Crippen molar-refractivity contribution in [1.82, 2.24) is 20.1 Å². The van der Waals surface area contributed by atoms with Crippen molar-refractivity contribution in [2.24, 2.45) is 5.92 Å². The van der Waals surface area contributed by atoms with Gasteiger partial charge in [0.2, 0.25) is 5.91 Å². The van der Waals surface area contributed by atoms with E-state index in [1.165, 1.54) is 11.8 Å². The average molecular weight is 545 g/mol. The first-order valence-corrected chi connectivity index (χ1v) is 13.0. The third kappa shape index (κ3) is 6.07. The molecule has 0 unspecified atom stereocenters. The van der Waals surface area contributed by atoms with Crippen LogP contribution in [-0.2, 0) is 11.3 Å². The molecule has 2 aromatic carbocycles. The number of nitrogens with zero attached hydrogens (tertiary/aromatic N) is 3. The highest BCUT2D eigenvalue weighted by atomic mass is 79.9. The van der Waals surface area contributed by atoms with Crippen molar-refractivity contribution >= 4 is 45.2 Å². The summed E-state index contributed by atoms with van der Waals surface area (Å²) in [7, 11) is 0. The van der Waals surface area contributed by atoms with Crippen LogP contribution in [0.1, 0.15) is 54.1 Å². The summed E-state index contributed by atoms with van der Waals surface area (Å²) in [5, 5.41) is 15.5. The highest BCUT2D eigenvalue weighted by Crippen LogP contribution is 2.28. The lowest BCUT2D eigenvalue weighted by atomic mass is 10.0. The lowest BCUT2D eigenvalue weighted by molar-refractivity contribution is -0.113. The first-order chi connectivity index (χ1) is 16.2. The Bertz CT molecular complexity index is 1160. The Hall–Kier alpha value is -2.65. The summed E-state index contributed by atoms with van der Waals surface area (Å²) in [5.74, 6) is 0.726. The summed E-state index contributed by atoms with van der Waals surface area (Å²) in [6, 6.07) is 12.6. The van der Waals surface area contributed by atoms with Gasteiger partial charge >= 0.3 is 0 Å². The van der Waals surface area contributed by atoms with Gasteiger partial charge < -0.3 is 15.2 Å². The molecule has 3 rings (SSSR count). The van der Waals surface area contributed by atoms with Crippen molar-refractivity contribution < 1.29 is 9.59 Å². The summed E-state index contributed by atoms with van der Waals surface area (Å²) >= 11 is 4.85. The number of rotatable bonds is 9. The minimum Gasteiger partial charge on any atom is -0.342 e. The molecule has 0 fully saturated rings. The molecule has 2 N–H and O–H groups in total. The number of benzene rings is 2. The number of anilines is 1. The number of carbonyl (C=O) groups excluding carboxylic acids is 2. The first kappa shape index (κ1) is 26.0. The number of carbonyl (C=O) groups is 2. The third-order valence-corrected chi connectivity index (χ3v) is 7.48. The van der Waals surface area contributed by atoms with Crippen LogP contribution < -0.4 is 10.6 Å². The van der Waals surface area contributed by atoms with Gasteiger partial charge in [0.05, 0.1) is 11.8 Å². The maximum atomic E-state index is 12.8. The minimum atomic E-state index is -0.309. The van der Waals surface area contributed by atoms with Crippen LogP contribution in [0.5, 0.6) is 0 Å². The van der Waals surface area contributed by atoms with Gasteiger partial charge in [0.1, 0.15) is 0 Å². The van der Waals surface area contributed by atoms with Crippen molar-refractivity contribution in [2.45, 2.75) is 52.4 Å². The number of nitrogens with one attached hydrogen (secondary N) is 2. The molecule has 34 heavy (non-hydrogen) atoms. The molecule has 0 bridgehead atoms. The SMILES string of the molecule is CCn1c(SCC(=O)Nc2ccc(Br)c(C)c2C)nnc1[C@H](NC(=O)c1ccccc1)C(C)C. The summed E-state index contributed by atoms with van der Waals surface area (Å²) in [6.07, 6.45) is 0. The second kappa shape index (κ2) is 11.7. The minimum absolute atomic E-state index is 0.104. The van der Waals surface area contributed by atoms with Crippen molar-refractivity contribution in [2.75, 3.05) is 11.1 Å². The fourth-order valence-corrected chi connectivity index (χ4v) is 4.76. The molecule has 7 nitrogen and oxygen atoms in total. The molecule has 0 aliphatic rings. The quantitative estimate of drug-likeness (QED) is 0.346. The van der Waals surface area contributed by atoms with Gasteiger partial charge in [-0.05, 0) is 62.1 Å². The Balaban J connectivity index is 1.71. The average Bonchev–Trinajstić information content (AvgIpc) is 3.24. The molecule has 3 aromatic rings. The van der Waals surface area contributed by atoms with Gasteiger partial charge in [-0.2, -0.15) is 0 Å². The standard InChI is InChI=1S/C25H30BrN5O2S/c1-6-31-23(22(15(2)3)28-24(33)18-10-8-7-9-11-18)29-30-25(31)34-14-21(32)27-20-13-12-19(26)16(4)17(20)5/h7-13,15,22H,6,14H2,1-5H3,(H,27,32)(H,28,33)/t22-/m1/s1. The van der Waals surface area contributed by atoms with E-state index in [1.54, 1.807) is 12.1 Å². The first-order valence-electron chi connectivity index (χ1n) is 11.2. The van der Waals surface area contributed by atoms with Gasteiger partial charge in [0, 0.05) is 22.3 Å². The zero-order chi connectivity index (χ0) is 24.8. The largest absolute Gasteiger partial charge is 0.342 e. The molecular weight excluding hydrogens is 514 g/mol. The van der Waals surface area contributed by atoms with E-state index in [0.717, 1.165) is 21.3 Å². The number of hydrogen-bond donors (Lipinski definition) is 2. The molecule has 1 aromatic heterocycles. The maximum absolute atomic E-state index is 12.8. The molecule has 0 aliphatic heterocycles. The number of aromatic nitrogens is 3. The Labute approximate surface area is 213 Å². The Morgan fingerprint density at radius 1 is 1.06 bits per heavy atom. The van der Waals surface area contributed by atoms with Crippen LogP contribution in [0.25, 0.3) is 0 Å². The third-order valence-electron chi connectivity index (χ3n) is 5.66. The van der Waals surface area contributed by atoms with Crippen LogP contribution >= 0.6 is 27.7 Å². The number of halogens is 1. The van der Waals surface area contributed by atoms with E-state index in [2.05, 4.69) is 36.8 Å². The van der Waals surface area contributed by atoms with E-state index >= 15 is 0 Å². The van der Waals surface area contributed by atoms with Crippen molar-refractivity contribution in [3.63, 3.8) is 0 Å². The predicted octanol–water partition coefficient (Wildman–Crippen LogP) is 5.54. The Kier molecular flexibility index (Phi) is 8.90. The molecule has 0 aliphatic carbocycles. The number of amides is 2. The van der Waals surface area contributed by atoms with E-state index in [9.17, 15) is 9.59 Å². The zero-order valence-corrected chi connectivity index (χ0v) is 22.5. The van der Waals surface area contributed by atoms with E-state index < -0.39 is 0 Å². The van der Waals surface area contributed by atoms with Crippen LogP contribution in [0.15, 0.2) is 52.1 Å². The van der Waals surface area contributed by atoms with Crippen molar-refractivity contribution in [1.29, 1.82) is 0 Å². The van der Waals surface area contributed by atoms with Crippen LogP contribution in [-0.4, -0.2) is 32.3 Å². The summed E-state index contributed by atoms with van der Waals surface area (Å²) in [4.78, 5) is 25.4. The zero-order valence-electron chi connectivity index (χ0n) is 20.1. The van der Waals surface area contributed by atoms with Crippen molar-refractivity contribution in [3.05, 3.63) is 69.5 Å². The monoisotopic (exact) mass is 543 g/mol. The maximum Gasteiger partial charge on any atom is 0.251 e. The number of thioether (sulfide) groups is 1. The molecule has 9 heteroatoms. The highest BCUT2D eigenvalue weighted by molar-refractivity contribution is 9.10. The van der Waals surface area contributed by atoms with E-state index in [-0.39, 0.29) is 29.5 Å². The molecular formula is C25H30BrN5O2S. The van der Waals surface area contributed by atoms with Gasteiger partial charge in [-0.1, -0.05) is 59.7 Å². The lowest BCUT2D eigenvalue weighted by Crippen LogP contribution is -2.33. The van der Waals surface area contributed by atoms with E-state index in [1.807, 2.05) is 69.5 Å². The molecule has 2 amide bonds. The van der Waals surface area contributed by atoms with Crippen LogP contribution in [0.2, 0.25) is 0 Å². The van der Waals surface area contributed by atoms with Crippen LogP contribution in [0.3, 0.4) is 0 Å². The normalized spacial score (nSPS) is 12.0. The molecule has 0 radical (unpaired) electrons. The van der Waals surface area contributed by atoms with Gasteiger partial charge in [0.15, 0.2) is 11.0 Å². The summed E-state index contributed by atoms with van der Waals surface area (Å²) < 4.78 is 2.98. The molecule has 180 valence electrons. The molecule has 0 saturated heterocycles. The van der Waals surface area contributed by atoms with Gasteiger partial charge in [-0.25, -0.2) is 0 Å². The molecule has 1 heterocycles. The molecule has 0 saturated carbocycles. The van der Waals surface area contributed by atoms with Gasteiger partial charge in [-0.3, -0.25) is 9.59 Å². The Morgan fingerprint density at radius 3 is 2.41 bits per heavy atom. The van der Waals surface area contributed by atoms with Crippen molar-refractivity contribution in [3.8, 4) is 0 Å². The summed E-state index contributed by atoms with van der Waals surface area (Å²) in [5.41, 5.74) is 3.52. The van der Waals surface area contributed by atoms with E-state index in [4.69, 9.17) is 0 Å². The van der Waals surface area contributed by atoms with Gasteiger partial charge in [-0.15, -0.1) is 10.2 Å². The second-order valence-electron chi connectivity index (χ2n) is 8.33. The van der Waals surface area contributed by atoms with E-state index in [0.29, 0.717) is 23.1 Å². The van der Waals surface area contributed by atoms with Crippen LogP contribution in [0.4, 0.5) is 5.69 Å². The molecule has 0 spiro atoms. The van der Waals surface area contributed by atoms with Crippen LogP contribution in [0, 0.1) is 19.8 Å². The predicted molar refractivity (Wildman–Crippen MR) is 140 cm³/mol. The fraction of sp³-hybridized carbons (Fsp3) is 0.360. The summed E-state index contributed by atoms with van der Waals surface area (Å²) in [6.45, 7) is 10.7. The highest BCUT2D eigenvalue weighted by Gasteiger charge is 2.26. The molecule has 1 atom stereocenters. The lowest BCUT2D eigenvalue weighted by Gasteiger charge is -2.22. The van der Waals surface area contributed by atoms with Gasteiger partial charge in [0.25, 0.3) is 5.91 Å².